The number of nitrogens with zero attached hydrogens (tertiary/aromatic N) is 2. The normalized spacial score (nSPS) is 21.2. The van der Waals surface area contributed by atoms with E-state index in [1.165, 1.54) is 18.5 Å². The monoisotopic (exact) mass is 331 g/mol. The van der Waals surface area contributed by atoms with Crippen LogP contribution in [0.25, 0.3) is 0 Å². The smallest absolute Gasteiger partial charge is 0.392 e. The van der Waals surface area contributed by atoms with Gasteiger partial charge in [-0.25, -0.2) is 4.98 Å². The van der Waals surface area contributed by atoms with E-state index in [9.17, 15) is 22.8 Å². The SMILES string of the molecule is O=C(O)Cn1ccnc(NC[C@@H]2CC=CC[C@H]2C(F)(F)F)c1=O. The second kappa shape index (κ2) is 6.84. The molecule has 23 heavy (non-hydrogen) atoms. The molecule has 0 aromatic carbocycles. The first kappa shape index (κ1) is 17.0. The molecule has 2 rings (SSSR count). The van der Waals surface area contributed by atoms with Crippen molar-refractivity contribution in [3.63, 3.8) is 0 Å². The van der Waals surface area contributed by atoms with E-state index in [0.717, 1.165) is 4.57 Å². The number of halogens is 3. The number of hydrogen-bond acceptors (Lipinski definition) is 4. The van der Waals surface area contributed by atoms with E-state index in [0.29, 0.717) is 0 Å². The second-order valence-electron chi connectivity index (χ2n) is 5.33. The third-order valence-electron chi connectivity index (χ3n) is 3.74. The number of aliphatic carboxylic acids is 1. The van der Waals surface area contributed by atoms with Gasteiger partial charge in [-0.3, -0.25) is 14.2 Å². The molecule has 1 aromatic heterocycles. The standard InChI is InChI=1S/C14H16F3N3O3/c15-14(16,17)10-4-2-1-3-9(10)7-19-12-13(23)20(6-5-18-12)8-11(21)22/h1-2,5-6,9-10H,3-4,7-8H2,(H,18,19)(H,21,22)/t9-,10+/m0/s1. The predicted molar refractivity (Wildman–Crippen MR) is 76.0 cm³/mol. The summed E-state index contributed by atoms with van der Waals surface area (Å²) in [7, 11) is 0. The number of nitrogens with one attached hydrogen (secondary N) is 1. The predicted octanol–water partition coefficient (Wildman–Crippen LogP) is 1.88. The number of aromatic nitrogens is 2. The van der Waals surface area contributed by atoms with Gasteiger partial charge in [0, 0.05) is 18.9 Å². The molecule has 9 heteroatoms. The summed E-state index contributed by atoms with van der Waals surface area (Å²) in [6, 6.07) is 0. The number of carboxylic acids is 1. The first-order chi connectivity index (χ1) is 10.8. The topological polar surface area (TPSA) is 84.2 Å². The molecule has 6 nitrogen and oxygen atoms in total. The molecule has 1 heterocycles. The number of hydrogen-bond donors (Lipinski definition) is 2. The summed E-state index contributed by atoms with van der Waals surface area (Å²) in [6.45, 7) is -0.596. The Bertz CT molecular complexity index is 655. The highest BCUT2D eigenvalue weighted by Gasteiger charge is 2.44. The van der Waals surface area contributed by atoms with Gasteiger partial charge in [-0.15, -0.1) is 0 Å². The molecule has 1 aliphatic carbocycles. The van der Waals surface area contributed by atoms with Gasteiger partial charge < -0.3 is 10.4 Å². The fraction of sp³-hybridized carbons (Fsp3) is 0.500. The third-order valence-corrected chi connectivity index (χ3v) is 3.74. The highest BCUT2D eigenvalue weighted by molar-refractivity contribution is 5.66. The van der Waals surface area contributed by atoms with Gasteiger partial charge in [0.2, 0.25) is 0 Å². The number of rotatable bonds is 5. The molecular formula is C14H16F3N3O3. The van der Waals surface area contributed by atoms with Crippen molar-refractivity contribution in [1.82, 2.24) is 9.55 Å². The minimum Gasteiger partial charge on any atom is -0.480 e. The molecule has 1 aromatic rings. The Morgan fingerprint density at radius 3 is 2.74 bits per heavy atom. The van der Waals surface area contributed by atoms with Gasteiger partial charge in [0.25, 0.3) is 5.56 Å². The van der Waals surface area contributed by atoms with Gasteiger partial charge >= 0.3 is 12.1 Å². The Balaban J connectivity index is 2.10. The highest BCUT2D eigenvalue weighted by Crippen LogP contribution is 2.38. The largest absolute Gasteiger partial charge is 0.480 e. The van der Waals surface area contributed by atoms with Crippen molar-refractivity contribution in [1.29, 1.82) is 0 Å². The van der Waals surface area contributed by atoms with Gasteiger partial charge in [-0.1, -0.05) is 12.2 Å². The summed E-state index contributed by atoms with van der Waals surface area (Å²) in [5.74, 6) is -3.51. The van der Waals surface area contributed by atoms with Gasteiger partial charge in [0.05, 0.1) is 5.92 Å². The zero-order valence-corrected chi connectivity index (χ0v) is 12.1. The lowest BCUT2D eigenvalue weighted by molar-refractivity contribution is -0.187. The number of carbonyl (C=O) groups is 1. The van der Waals surface area contributed by atoms with E-state index in [1.54, 1.807) is 6.08 Å². The summed E-state index contributed by atoms with van der Waals surface area (Å²) in [5, 5.41) is 11.3. The van der Waals surface area contributed by atoms with Gasteiger partial charge in [-0.2, -0.15) is 13.2 Å². The van der Waals surface area contributed by atoms with Crippen molar-refractivity contribution >= 4 is 11.8 Å². The molecule has 0 aliphatic heterocycles. The zero-order chi connectivity index (χ0) is 17.0. The molecule has 1 aliphatic rings. The first-order valence-electron chi connectivity index (χ1n) is 7.02. The van der Waals surface area contributed by atoms with Crippen LogP contribution in [0.2, 0.25) is 0 Å². The van der Waals surface area contributed by atoms with Crippen LogP contribution in [0.4, 0.5) is 19.0 Å². The van der Waals surface area contributed by atoms with E-state index in [2.05, 4.69) is 10.3 Å². The van der Waals surface area contributed by atoms with Crippen LogP contribution >= 0.6 is 0 Å². The average molecular weight is 331 g/mol. The molecule has 0 amide bonds. The Kier molecular flexibility index (Phi) is 5.07. The Labute approximate surface area is 129 Å². The van der Waals surface area contributed by atoms with E-state index in [4.69, 9.17) is 5.11 Å². The first-order valence-corrected chi connectivity index (χ1v) is 7.02. The number of carboxylic acid groups (broad SMARTS) is 1. The maximum atomic E-state index is 13.0. The summed E-state index contributed by atoms with van der Waals surface area (Å²) in [4.78, 5) is 26.4. The summed E-state index contributed by atoms with van der Waals surface area (Å²) < 4.78 is 39.9. The quantitative estimate of drug-likeness (QED) is 0.805. The van der Waals surface area contributed by atoms with Crippen molar-refractivity contribution in [3.8, 4) is 0 Å². The minimum absolute atomic E-state index is 0.0617. The van der Waals surface area contributed by atoms with E-state index < -0.39 is 36.1 Å². The fourth-order valence-corrected chi connectivity index (χ4v) is 2.56. The van der Waals surface area contributed by atoms with Crippen LogP contribution in [-0.2, 0) is 11.3 Å². The lowest BCUT2D eigenvalue weighted by atomic mass is 9.82. The number of allylic oxidation sites excluding steroid dienone is 2. The zero-order valence-electron chi connectivity index (χ0n) is 12.1. The third kappa shape index (κ3) is 4.33. The molecule has 0 radical (unpaired) electrons. The second-order valence-corrected chi connectivity index (χ2v) is 5.33. The minimum atomic E-state index is -4.30. The molecule has 0 saturated heterocycles. The van der Waals surface area contributed by atoms with Gasteiger partial charge in [0.15, 0.2) is 5.82 Å². The summed E-state index contributed by atoms with van der Waals surface area (Å²) in [6.07, 6.45) is 1.52. The molecule has 0 saturated carbocycles. The van der Waals surface area contributed by atoms with Crippen molar-refractivity contribution in [2.75, 3.05) is 11.9 Å². The van der Waals surface area contributed by atoms with E-state index in [-0.39, 0.29) is 25.2 Å². The van der Waals surface area contributed by atoms with Crippen LogP contribution in [0.1, 0.15) is 12.8 Å². The lowest BCUT2D eigenvalue weighted by Crippen LogP contribution is -2.36. The maximum Gasteiger partial charge on any atom is 0.392 e. The molecule has 2 atom stereocenters. The average Bonchev–Trinajstić information content (AvgIpc) is 2.47. The Morgan fingerprint density at radius 1 is 1.39 bits per heavy atom. The molecular weight excluding hydrogens is 315 g/mol. The van der Waals surface area contributed by atoms with Gasteiger partial charge in [0.1, 0.15) is 6.54 Å². The van der Waals surface area contributed by atoms with Crippen LogP contribution in [-0.4, -0.2) is 33.3 Å². The van der Waals surface area contributed by atoms with Crippen LogP contribution in [0, 0.1) is 11.8 Å². The summed E-state index contributed by atoms with van der Waals surface area (Å²) in [5.41, 5.74) is -0.676. The maximum absolute atomic E-state index is 13.0. The molecule has 0 fully saturated rings. The Hall–Kier alpha value is -2.32. The highest BCUT2D eigenvalue weighted by atomic mass is 19.4. The van der Waals surface area contributed by atoms with Crippen LogP contribution in [0.3, 0.4) is 0 Å². The van der Waals surface area contributed by atoms with Crippen molar-refractivity contribution in [2.45, 2.75) is 25.6 Å². The molecule has 2 N–H and O–H groups in total. The van der Waals surface area contributed by atoms with Crippen LogP contribution in [0.15, 0.2) is 29.3 Å². The van der Waals surface area contributed by atoms with Crippen molar-refractivity contribution in [3.05, 3.63) is 34.9 Å². The van der Waals surface area contributed by atoms with E-state index in [1.807, 2.05) is 0 Å². The molecule has 0 spiro atoms. The Morgan fingerprint density at radius 2 is 2.09 bits per heavy atom. The van der Waals surface area contributed by atoms with Crippen LogP contribution in [0.5, 0.6) is 0 Å². The molecule has 126 valence electrons. The lowest BCUT2D eigenvalue weighted by Gasteiger charge is -2.30. The number of alkyl halides is 3. The van der Waals surface area contributed by atoms with E-state index >= 15 is 0 Å². The fourth-order valence-electron chi connectivity index (χ4n) is 2.56. The molecule has 0 bridgehead atoms. The van der Waals surface area contributed by atoms with Crippen molar-refractivity contribution in [2.24, 2.45) is 11.8 Å². The molecule has 0 unspecified atom stereocenters. The summed E-state index contributed by atoms with van der Waals surface area (Å²) >= 11 is 0. The number of anilines is 1. The van der Waals surface area contributed by atoms with Crippen molar-refractivity contribution < 1.29 is 23.1 Å². The van der Waals surface area contributed by atoms with Crippen LogP contribution < -0.4 is 10.9 Å². The van der Waals surface area contributed by atoms with Gasteiger partial charge in [-0.05, 0) is 18.8 Å².